The van der Waals surface area contributed by atoms with Crippen LogP contribution in [0.1, 0.15) is 36.8 Å². The highest BCUT2D eigenvalue weighted by Gasteiger charge is 2.48. The van der Waals surface area contributed by atoms with Crippen molar-refractivity contribution in [3.05, 3.63) is 29.3 Å². The normalized spacial score (nSPS) is 21.5. The van der Waals surface area contributed by atoms with Crippen molar-refractivity contribution in [3.8, 4) is 0 Å². The summed E-state index contributed by atoms with van der Waals surface area (Å²) < 4.78 is 0. The lowest BCUT2D eigenvalue weighted by Gasteiger charge is -2.30. The molecular formula is C14H15NO2. The van der Waals surface area contributed by atoms with Crippen LogP contribution in [0, 0.1) is 6.92 Å². The van der Waals surface area contributed by atoms with E-state index in [1.807, 2.05) is 19.1 Å². The number of anilines is 1. The number of hydrogen-bond donors (Lipinski definition) is 1. The average molecular weight is 229 g/mol. The van der Waals surface area contributed by atoms with Gasteiger partial charge in [0.25, 0.3) is 0 Å². The molecule has 3 heteroatoms. The van der Waals surface area contributed by atoms with Crippen molar-refractivity contribution < 1.29 is 9.59 Å². The molecule has 1 aliphatic heterocycles. The van der Waals surface area contributed by atoms with E-state index in [9.17, 15) is 9.59 Å². The molecular weight excluding hydrogens is 214 g/mol. The summed E-state index contributed by atoms with van der Waals surface area (Å²) in [6.45, 7) is 2.03. The van der Waals surface area contributed by atoms with Crippen molar-refractivity contribution in [1.82, 2.24) is 0 Å². The molecule has 17 heavy (non-hydrogen) atoms. The summed E-state index contributed by atoms with van der Waals surface area (Å²) in [5.41, 5.74) is 2.75. The second-order valence-corrected chi connectivity index (χ2v) is 5.12. The molecule has 0 bridgehead atoms. The van der Waals surface area contributed by atoms with E-state index in [4.69, 9.17) is 0 Å². The van der Waals surface area contributed by atoms with E-state index < -0.39 is 5.41 Å². The van der Waals surface area contributed by atoms with E-state index in [2.05, 4.69) is 11.4 Å². The minimum absolute atomic E-state index is 0.0746. The summed E-state index contributed by atoms with van der Waals surface area (Å²) in [6.07, 6.45) is 2.38. The molecule has 1 fully saturated rings. The molecule has 2 aliphatic rings. The summed E-state index contributed by atoms with van der Waals surface area (Å²) >= 11 is 0. The molecule has 0 aromatic heterocycles. The van der Waals surface area contributed by atoms with Crippen molar-refractivity contribution in [2.75, 3.05) is 5.32 Å². The predicted octanol–water partition coefficient (Wildman–Crippen LogP) is 2.33. The van der Waals surface area contributed by atoms with Gasteiger partial charge < -0.3 is 5.32 Å². The number of ketones is 1. The summed E-state index contributed by atoms with van der Waals surface area (Å²) in [5.74, 6) is 0.357. The summed E-state index contributed by atoms with van der Waals surface area (Å²) in [6, 6.07) is 6.06. The molecule has 1 aliphatic carbocycles. The fourth-order valence-electron chi connectivity index (χ4n) is 2.98. The first kappa shape index (κ1) is 10.5. The van der Waals surface area contributed by atoms with Gasteiger partial charge in [-0.05, 0) is 31.4 Å². The van der Waals surface area contributed by atoms with Gasteiger partial charge in [0.1, 0.15) is 5.78 Å². The van der Waals surface area contributed by atoms with Crippen molar-refractivity contribution >= 4 is 17.4 Å². The minimum Gasteiger partial charge on any atom is -0.325 e. The Balaban J connectivity index is 2.09. The zero-order valence-electron chi connectivity index (χ0n) is 9.88. The lowest BCUT2D eigenvalue weighted by Crippen LogP contribution is -2.38. The monoisotopic (exact) mass is 229 g/mol. The number of fused-ring (bicyclic) bond motifs is 2. The van der Waals surface area contributed by atoms with Crippen LogP contribution in [0.5, 0.6) is 0 Å². The van der Waals surface area contributed by atoms with Crippen LogP contribution < -0.4 is 5.32 Å². The zero-order chi connectivity index (χ0) is 12.0. The first-order valence-electron chi connectivity index (χ1n) is 6.06. The fourth-order valence-corrected chi connectivity index (χ4v) is 2.98. The van der Waals surface area contributed by atoms with Gasteiger partial charge in [-0.2, -0.15) is 0 Å². The Labute approximate surface area is 100 Å². The van der Waals surface area contributed by atoms with Gasteiger partial charge in [0, 0.05) is 18.5 Å². The molecule has 3 rings (SSSR count). The quantitative estimate of drug-likeness (QED) is 0.742. The van der Waals surface area contributed by atoms with Crippen LogP contribution in [0.4, 0.5) is 5.69 Å². The lowest BCUT2D eigenvalue weighted by atomic mass is 9.69. The first-order valence-corrected chi connectivity index (χ1v) is 6.06. The number of carbonyl (C=O) groups excluding carboxylic acids is 2. The standard InChI is InChI=1S/C14H15NO2/c1-9-2-3-12-11(8-9)14(13(17)15-12)6-4-10(16)5-7-14/h2-3,8H,4-7H2,1H3,(H,15,17). The third-order valence-electron chi connectivity index (χ3n) is 4.03. The third kappa shape index (κ3) is 1.42. The van der Waals surface area contributed by atoms with Gasteiger partial charge in [-0.15, -0.1) is 0 Å². The molecule has 1 aromatic rings. The topological polar surface area (TPSA) is 46.2 Å². The fraction of sp³-hybridized carbons (Fsp3) is 0.429. The number of amides is 1. The van der Waals surface area contributed by atoms with E-state index in [-0.39, 0.29) is 11.7 Å². The van der Waals surface area contributed by atoms with E-state index in [0.717, 1.165) is 16.8 Å². The Bertz CT molecular complexity index is 509. The Morgan fingerprint density at radius 2 is 1.88 bits per heavy atom. The Hall–Kier alpha value is -1.64. The van der Waals surface area contributed by atoms with Crippen LogP contribution in [-0.4, -0.2) is 11.7 Å². The highest BCUT2D eigenvalue weighted by atomic mass is 16.2. The van der Waals surface area contributed by atoms with Gasteiger partial charge in [-0.1, -0.05) is 17.7 Å². The molecule has 1 aromatic carbocycles. The molecule has 1 N–H and O–H groups in total. The molecule has 0 radical (unpaired) electrons. The van der Waals surface area contributed by atoms with Crippen LogP contribution >= 0.6 is 0 Å². The van der Waals surface area contributed by atoms with E-state index in [0.29, 0.717) is 25.7 Å². The van der Waals surface area contributed by atoms with Crippen LogP contribution in [0.2, 0.25) is 0 Å². The molecule has 1 amide bonds. The van der Waals surface area contributed by atoms with Crippen LogP contribution in [-0.2, 0) is 15.0 Å². The number of nitrogens with one attached hydrogen (secondary N) is 1. The van der Waals surface area contributed by atoms with Gasteiger partial charge in [0.2, 0.25) is 5.91 Å². The third-order valence-corrected chi connectivity index (χ3v) is 4.03. The van der Waals surface area contributed by atoms with Gasteiger partial charge in [-0.25, -0.2) is 0 Å². The number of aryl methyl sites for hydroxylation is 1. The second kappa shape index (κ2) is 3.42. The Morgan fingerprint density at radius 1 is 1.18 bits per heavy atom. The van der Waals surface area contributed by atoms with E-state index in [1.54, 1.807) is 0 Å². The van der Waals surface area contributed by atoms with Gasteiger partial charge in [0.15, 0.2) is 0 Å². The first-order chi connectivity index (χ1) is 8.12. The maximum atomic E-state index is 12.2. The van der Waals surface area contributed by atoms with Crippen LogP contribution in [0.3, 0.4) is 0 Å². The van der Waals surface area contributed by atoms with Crippen molar-refractivity contribution in [2.45, 2.75) is 38.0 Å². The number of benzene rings is 1. The summed E-state index contributed by atoms with van der Waals surface area (Å²) in [4.78, 5) is 23.6. The maximum Gasteiger partial charge on any atom is 0.235 e. The molecule has 1 spiro atoms. The largest absolute Gasteiger partial charge is 0.325 e. The van der Waals surface area contributed by atoms with Crippen molar-refractivity contribution in [1.29, 1.82) is 0 Å². The van der Waals surface area contributed by atoms with Crippen molar-refractivity contribution in [3.63, 3.8) is 0 Å². The van der Waals surface area contributed by atoms with Gasteiger partial charge in [0.05, 0.1) is 5.41 Å². The zero-order valence-corrected chi connectivity index (χ0v) is 9.88. The molecule has 0 unspecified atom stereocenters. The molecule has 0 saturated heterocycles. The molecule has 1 heterocycles. The summed E-state index contributed by atoms with van der Waals surface area (Å²) in [7, 11) is 0. The van der Waals surface area contributed by atoms with Crippen molar-refractivity contribution in [2.24, 2.45) is 0 Å². The van der Waals surface area contributed by atoms with Crippen LogP contribution in [0.15, 0.2) is 18.2 Å². The highest BCUT2D eigenvalue weighted by Crippen LogP contribution is 2.46. The predicted molar refractivity (Wildman–Crippen MR) is 65.0 cm³/mol. The Morgan fingerprint density at radius 3 is 2.59 bits per heavy atom. The molecule has 3 nitrogen and oxygen atoms in total. The number of hydrogen-bond acceptors (Lipinski definition) is 2. The molecule has 0 atom stereocenters. The van der Waals surface area contributed by atoms with Gasteiger partial charge in [-0.3, -0.25) is 9.59 Å². The average Bonchev–Trinajstić information content (AvgIpc) is 2.57. The van der Waals surface area contributed by atoms with Gasteiger partial charge >= 0.3 is 0 Å². The Kier molecular flexibility index (Phi) is 2.12. The number of rotatable bonds is 0. The highest BCUT2D eigenvalue weighted by molar-refractivity contribution is 6.07. The number of carbonyl (C=O) groups is 2. The molecule has 1 saturated carbocycles. The maximum absolute atomic E-state index is 12.2. The number of Topliss-reactive ketones (excluding diaryl/α,β-unsaturated/α-hetero) is 1. The smallest absolute Gasteiger partial charge is 0.235 e. The van der Waals surface area contributed by atoms with E-state index in [1.165, 1.54) is 0 Å². The summed E-state index contributed by atoms with van der Waals surface area (Å²) in [5, 5.41) is 2.95. The lowest BCUT2D eigenvalue weighted by molar-refractivity contribution is -0.126. The minimum atomic E-state index is -0.435. The molecule has 88 valence electrons. The van der Waals surface area contributed by atoms with E-state index >= 15 is 0 Å². The van der Waals surface area contributed by atoms with Crippen LogP contribution in [0.25, 0.3) is 0 Å². The SMILES string of the molecule is Cc1ccc2c(c1)C1(CCC(=O)CC1)C(=O)N2. The second-order valence-electron chi connectivity index (χ2n) is 5.12.